The number of ketones is 1. The fraction of sp³-hybridized carbons (Fsp3) is 0.600. The normalized spacial score (nSPS) is 9.00. The summed E-state index contributed by atoms with van der Waals surface area (Å²) in [6.45, 7) is 1.16. The minimum atomic E-state index is -0.482. The van der Waals surface area contributed by atoms with Crippen LogP contribution in [0.25, 0.3) is 0 Å². The molecule has 0 saturated heterocycles. The lowest BCUT2D eigenvalue weighted by atomic mass is 10.4. The Labute approximate surface area is 58.5 Å². The summed E-state index contributed by atoms with van der Waals surface area (Å²) < 4.78 is 0. The zero-order valence-electron chi connectivity index (χ0n) is 5.72. The van der Waals surface area contributed by atoms with E-state index in [1.165, 1.54) is 6.92 Å². The Kier molecular flexibility index (Phi) is 4.43. The molecule has 0 rings (SSSR count). The van der Waals surface area contributed by atoms with Crippen LogP contribution in [0.1, 0.15) is 6.92 Å². The third-order valence-electron chi connectivity index (χ3n) is 0.713. The van der Waals surface area contributed by atoms with Gasteiger partial charge < -0.3 is 10.6 Å². The number of hydroxylamine groups is 1. The first-order chi connectivity index (χ1) is 4.66. The van der Waals surface area contributed by atoms with E-state index < -0.39 is 5.97 Å². The number of nitrogens with two attached hydrogens (primary N) is 1. The van der Waals surface area contributed by atoms with E-state index in [9.17, 15) is 9.59 Å². The van der Waals surface area contributed by atoms with Crippen molar-refractivity contribution in [1.29, 1.82) is 0 Å². The molecule has 0 radical (unpaired) electrons. The van der Waals surface area contributed by atoms with Gasteiger partial charge in [-0.15, -0.1) is 5.48 Å². The quantitative estimate of drug-likeness (QED) is 0.476. The Balaban J connectivity index is 3.20. The topological polar surface area (TPSA) is 81.4 Å². The van der Waals surface area contributed by atoms with Crippen LogP contribution in [0.3, 0.4) is 0 Å². The van der Waals surface area contributed by atoms with Gasteiger partial charge in [-0.2, -0.15) is 0 Å². The largest absolute Gasteiger partial charge is 0.371 e. The Morgan fingerprint density at radius 1 is 1.60 bits per heavy atom. The average molecular weight is 146 g/mol. The number of Topliss-reactive ketones (excluding diaryl/α,β-unsaturated/α-hetero) is 1. The zero-order valence-corrected chi connectivity index (χ0v) is 5.72. The summed E-state index contributed by atoms with van der Waals surface area (Å²) in [5, 5.41) is 0. The van der Waals surface area contributed by atoms with E-state index in [2.05, 4.69) is 10.3 Å². The first-order valence-corrected chi connectivity index (χ1v) is 2.79. The first kappa shape index (κ1) is 9.06. The molecule has 58 valence electrons. The molecule has 3 N–H and O–H groups in total. The molecule has 0 atom stereocenters. The Morgan fingerprint density at radius 3 is 2.60 bits per heavy atom. The van der Waals surface area contributed by atoms with Crippen LogP contribution >= 0.6 is 0 Å². The fourth-order valence-electron chi connectivity index (χ4n) is 0.290. The highest BCUT2D eigenvalue weighted by Crippen LogP contribution is 1.68. The smallest absolute Gasteiger partial charge is 0.321 e. The minimum absolute atomic E-state index is 0.0317. The number of carbonyl (C=O) groups is 2. The van der Waals surface area contributed by atoms with Crippen LogP contribution in [0.4, 0.5) is 0 Å². The monoisotopic (exact) mass is 146 g/mol. The van der Waals surface area contributed by atoms with E-state index >= 15 is 0 Å². The van der Waals surface area contributed by atoms with Gasteiger partial charge in [0, 0.05) is 6.92 Å². The van der Waals surface area contributed by atoms with Gasteiger partial charge in [-0.1, -0.05) is 0 Å². The summed E-state index contributed by atoms with van der Waals surface area (Å²) in [4.78, 5) is 24.7. The molecule has 0 aromatic carbocycles. The van der Waals surface area contributed by atoms with Crippen molar-refractivity contribution in [3.63, 3.8) is 0 Å². The van der Waals surface area contributed by atoms with Crippen molar-refractivity contribution in [3.05, 3.63) is 0 Å². The van der Waals surface area contributed by atoms with Gasteiger partial charge in [0.25, 0.3) is 0 Å². The number of carbonyl (C=O) groups excluding carboxylic acids is 2. The highest BCUT2D eigenvalue weighted by molar-refractivity contribution is 5.82. The number of hydrogen-bond acceptors (Lipinski definition) is 5. The molecule has 0 amide bonds. The lowest BCUT2D eigenvalue weighted by Crippen LogP contribution is -2.29. The van der Waals surface area contributed by atoms with Crippen LogP contribution in [0.2, 0.25) is 0 Å². The molecule has 0 aliphatic carbocycles. The molecular formula is C5H10N2O3. The van der Waals surface area contributed by atoms with Crippen LogP contribution in [0.15, 0.2) is 0 Å². The lowest BCUT2D eigenvalue weighted by molar-refractivity contribution is -0.148. The summed E-state index contributed by atoms with van der Waals surface area (Å²) in [7, 11) is 0. The molecule has 5 heteroatoms. The molecular weight excluding hydrogens is 136 g/mol. The van der Waals surface area contributed by atoms with Crippen molar-refractivity contribution in [2.45, 2.75) is 6.92 Å². The summed E-state index contributed by atoms with van der Waals surface area (Å²) in [5.74, 6) is -0.689. The van der Waals surface area contributed by atoms with E-state index in [4.69, 9.17) is 5.73 Å². The fourth-order valence-corrected chi connectivity index (χ4v) is 0.290. The minimum Gasteiger partial charge on any atom is -0.371 e. The van der Waals surface area contributed by atoms with Crippen molar-refractivity contribution >= 4 is 11.8 Å². The van der Waals surface area contributed by atoms with E-state index in [1.54, 1.807) is 0 Å². The summed E-state index contributed by atoms with van der Waals surface area (Å²) in [5.41, 5.74) is 7.12. The van der Waals surface area contributed by atoms with Crippen LogP contribution in [-0.2, 0) is 14.4 Å². The third-order valence-corrected chi connectivity index (χ3v) is 0.713. The maximum absolute atomic E-state index is 10.4. The molecule has 0 bridgehead atoms. The van der Waals surface area contributed by atoms with Gasteiger partial charge in [0.15, 0.2) is 5.78 Å². The summed E-state index contributed by atoms with van der Waals surface area (Å²) >= 11 is 0. The van der Waals surface area contributed by atoms with Gasteiger partial charge in [-0.05, 0) is 0 Å². The van der Waals surface area contributed by atoms with Crippen molar-refractivity contribution in [1.82, 2.24) is 5.48 Å². The molecule has 0 aromatic heterocycles. The maximum atomic E-state index is 10.4. The average Bonchev–Trinajstić information content (AvgIpc) is 1.87. The molecule has 5 nitrogen and oxygen atoms in total. The summed E-state index contributed by atoms with van der Waals surface area (Å²) in [6, 6.07) is 0. The third kappa shape index (κ3) is 5.20. The number of rotatable bonds is 4. The first-order valence-electron chi connectivity index (χ1n) is 2.79. The van der Waals surface area contributed by atoms with E-state index in [1.807, 2.05) is 0 Å². The van der Waals surface area contributed by atoms with Crippen LogP contribution in [0.5, 0.6) is 0 Å². The van der Waals surface area contributed by atoms with Gasteiger partial charge in [0.05, 0.1) is 13.1 Å². The van der Waals surface area contributed by atoms with Gasteiger partial charge in [-0.3, -0.25) is 9.59 Å². The van der Waals surface area contributed by atoms with Crippen molar-refractivity contribution in [3.8, 4) is 0 Å². The Bertz CT molecular complexity index is 135. The predicted octanol–water partition coefficient (Wildman–Crippen LogP) is -1.42. The molecule has 0 aliphatic heterocycles. The lowest BCUT2D eigenvalue weighted by Gasteiger charge is -1.99. The van der Waals surface area contributed by atoms with E-state index in [-0.39, 0.29) is 18.9 Å². The molecule has 0 heterocycles. The van der Waals surface area contributed by atoms with Crippen LogP contribution < -0.4 is 11.2 Å². The van der Waals surface area contributed by atoms with E-state index in [0.717, 1.165) is 0 Å². The van der Waals surface area contributed by atoms with Gasteiger partial charge in [-0.25, -0.2) is 0 Å². The molecule has 10 heavy (non-hydrogen) atoms. The summed E-state index contributed by atoms with van der Waals surface area (Å²) in [6.07, 6.45) is 0. The highest BCUT2D eigenvalue weighted by atomic mass is 16.7. The standard InChI is InChI=1S/C5H10N2O3/c1-4(8)10-7-3-5(9)2-6/h7H,2-3,6H2,1H3. The van der Waals surface area contributed by atoms with Gasteiger partial charge in [0.1, 0.15) is 0 Å². The molecule has 0 unspecified atom stereocenters. The van der Waals surface area contributed by atoms with Crippen molar-refractivity contribution < 1.29 is 14.4 Å². The van der Waals surface area contributed by atoms with Gasteiger partial charge >= 0.3 is 5.97 Å². The SMILES string of the molecule is CC(=O)ONCC(=O)CN. The maximum Gasteiger partial charge on any atom is 0.321 e. The molecule has 0 aromatic rings. The Morgan fingerprint density at radius 2 is 2.20 bits per heavy atom. The van der Waals surface area contributed by atoms with Crippen LogP contribution in [-0.4, -0.2) is 24.8 Å². The Hall–Kier alpha value is -0.940. The van der Waals surface area contributed by atoms with Gasteiger partial charge in [0.2, 0.25) is 0 Å². The molecule has 0 spiro atoms. The second-order valence-electron chi connectivity index (χ2n) is 1.66. The molecule has 0 aliphatic rings. The van der Waals surface area contributed by atoms with Crippen LogP contribution in [0, 0.1) is 0 Å². The second kappa shape index (κ2) is 4.89. The predicted molar refractivity (Wildman–Crippen MR) is 33.8 cm³/mol. The zero-order chi connectivity index (χ0) is 7.98. The molecule has 0 saturated carbocycles. The number of nitrogens with one attached hydrogen (secondary N) is 1. The van der Waals surface area contributed by atoms with Crippen molar-refractivity contribution in [2.24, 2.45) is 5.73 Å². The molecule has 0 fully saturated rings. The van der Waals surface area contributed by atoms with E-state index in [0.29, 0.717) is 0 Å². The second-order valence-corrected chi connectivity index (χ2v) is 1.66. The highest BCUT2D eigenvalue weighted by Gasteiger charge is 1.97. The number of hydrogen-bond donors (Lipinski definition) is 2. The van der Waals surface area contributed by atoms with Crippen molar-refractivity contribution in [2.75, 3.05) is 13.1 Å².